The predicted octanol–water partition coefficient (Wildman–Crippen LogP) is 5.83. The van der Waals surface area contributed by atoms with Gasteiger partial charge in [0.1, 0.15) is 18.1 Å². The lowest BCUT2D eigenvalue weighted by atomic mass is 10.0. The van der Waals surface area contributed by atoms with Gasteiger partial charge in [-0.2, -0.15) is 0 Å². The van der Waals surface area contributed by atoms with Gasteiger partial charge in [-0.1, -0.05) is 59.6 Å². The number of piperazine rings is 1. The monoisotopic (exact) mass is 578 g/mol. The summed E-state index contributed by atoms with van der Waals surface area (Å²) in [4.78, 5) is 15.5. The predicted molar refractivity (Wildman–Crippen MR) is 162 cm³/mol. The van der Waals surface area contributed by atoms with Crippen molar-refractivity contribution in [3.63, 3.8) is 0 Å². The van der Waals surface area contributed by atoms with Gasteiger partial charge in [0.05, 0.1) is 5.02 Å². The topological polar surface area (TPSA) is 103 Å². The Morgan fingerprint density at radius 2 is 1.60 bits per heavy atom. The fourth-order valence-corrected chi connectivity index (χ4v) is 4.82. The third-order valence-corrected chi connectivity index (χ3v) is 7.31. The first-order valence-corrected chi connectivity index (χ1v) is 13.7. The zero-order chi connectivity index (χ0) is 28.5. The molecule has 208 valence electrons. The second kappa shape index (κ2) is 14.1. The van der Waals surface area contributed by atoms with Crippen LogP contribution in [0.15, 0.2) is 78.9 Å². The molecule has 9 heteroatoms. The number of carbonyl (C=O) groups excluding carboxylic acids is 1. The van der Waals surface area contributed by atoms with Crippen LogP contribution in [0.5, 0.6) is 11.5 Å². The lowest BCUT2D eigenvalue weighted by Gasteiger charge is -2.34. The molecule has 0 aromatic heterocycles. The molecule has 0 aliphatic carbocycles. The van der Waals surface area contributed by atoms with E-state index in [0.29, 0.717) is 6.61 Å². The van der Waals surface area contributed by atoms with Crippen molar-refractivity contribution >= 4 is 46.1 Å². The van der Waals surface area contributed by atoms with E-state index in [-0.39, 0.29) is 16.3 Å². The van der Waals surface area contributed by atoms with Gasteiger partial charge in [-0.05, 0) is 53.4 Å². The molecule has 0 radical (unpaired) electrons. The third-order valence-electron chi connectivity index (χ3n) is 6.75. The number of halogens is 2. The molecule has 0 saturated carbocycles. The van der Waals surface area contributed by atoms with E-state index in [0.717, 1.165) is 66.4 Å². The number of carbonyl (C=O) groups is 1. The molecular formula is C31H32Cl2N4O3. The summed E-state index contributed by atoms with van der Waals surface area (Å²) in [6.07, 6.45) is 1.40. The van der Waals surface area contributed by atoms with E-state index < -0.39 is 5.91 Å². The highest BCUT2D eigenvalue weighted by atomic mass is 35.5. The Kier molecular flexibility index (Phi) is 10.4. The van der Waals surface area contributed by atoms with Crippen LogP contribution < -0.4 is 10.5 Å². The van der Waals surface area contributed by atoms with Gasteiger partial charge < -0.3 is 21.0 Å². The minimum absolute atomic E-state index is 0.0586. The molecule has 1 saturated heterocycles. The maximum absolute atomic E-state index is 10.5. The standard InChI is InChI=1S/C24H26ClN3O.C7H6ClNO2/c25-21-8-5-19(6-9-21)18-28-13-11-27(12-14-28)15-16-29-24-10-7-20(17-26)22-3-1-2-4-23(22)24;8-5-3-4(7(9)11)1-2-6(5)10/h1-10,17,26H,11-16,18H2;1-3,10H,(H2,9,11). The van der Waals surface area contributed by atoms with Crippen LogP contribution >= 0.6 is 23.2 Å². The number of amides is 1. The number of aromatic hydroxyl groups is 1. The number of primary amides is 1. The average Bonchev–Trinajstić information content (AvgIpc) is 2.97. The van der Waals surface area contributed by atoms with Crippen molar-refractivity contribution < 1.29 is 14.6 Å². The van der Waals surface area contributed by atoms with Crippen LogP contribution in [0.4, 0.5) is 0 Å². The SMILES string of the molecule is N=Cc1ccc(OCCN2CCN(Cc3ccc(Cl)cc3)CC2)c2ccccc12.NC(=O)c1ccc(O)c(Cl)c1. The highest BCUT2D eigenvalue weighted by molar-refractivity contribution is 6.32. The van der Waals surface area contributed by atoms with E-state index in [1.807, 2.05) is 42.5 Å². The summed E-state index contributed by atoms with van der Waals surface area (Å²) in [6, 6.07) is 24.2. The summed E-state index contributed by atoms with van der Waals surface area (Å²) in [5.41, 5.74) is 7.47. The van der Waals surface area contributed by atoms with Gasteiger partial charge in [-0.3, -0.25) is 14.6 Å². The molecule has 0 bridgehead atoms. The normalized spacial score (nSPS) is 13.8. The highest BCUT2D eigenvalue weighted by Crippen LogP contribution is 2.28. The van der Waals surface area contributed by atoms with E-state index in [1.165, 1.54) is 30.0 Å². The first-order chi connectivity index (χ1) is 19.3. The average molecular weight is 580 g/mol. The molecule has 0 unspecified atom stereocenters. The molecule has 1 heterocycles. The molecule has 1 fully saturated rings. The molecule has 0 atom stereocenters. The lowest BCUT2D eigenvalue weighted by molar-refractivity contribution is 0.100. The molecular weight excluding hydrogens is 547 g/mol. The number of hydrogen-bond donors (Lipinski definition) is 3. The summed E-state index contributed by atoms with van der Waals surface area (Å²) in [5.74, 6) is 0.274. The largest absolute Gasteiger partial charge is 0.506 e. The molecule has 4 aromatic rings. The fraction of sp³-hybridized carbons (Fsp3) is 0.226. The Hall–Kier alpha value is -3.62. The van der Waals surface area contributed by atoms with Crippen molar-refractivity contribution in [1.29, 1.82) is 5.41 Å². The summed E-state index contributed by atoms with van der Waals surface area (Å²) >= 11 is 11.5. The van der Waals surface area contributed by atoms with Crippen molar-refractivity contribution in [1.82, 2.24) is 9.80 Å². The fourth-order valence-electron chi connectivity index (χ4n) is 4.51. The number of phenols is 1. The van der Waals surface area contributed by atoms with Gasteiger partial charge in [-0.25, -0.2) is 0 Å². The molecule has 1 aliphatic heterocycles. The van der Waals surface area contributed by atoms with Crippen molar-refractivity contribution in [2.45, 2.75) is 6.54 Å². The number of hydrogen-bond acceptors (Lipinski definition) is 6. The first kappa shape index (κ1) is 29.4. The second-order valence-electron chi connectivity index (χ2n) is 9.47. The van der Waals surface area contributed by atoms with Crippen molar-refractivity contribution in [2.24, 2.45) is 5.73 Å². The maximum atomic E-state index is 10.5. The van der Waals surface area contributed by atoms with Gasteiger partial charge in [0.2, 0.25) is 5.91 Å². The van der Waals surface area contributed by atoms with Crippen LogP contribution in [0.25, 0.3) is 10.8 Å². The summed E-state index contributed by atoms with van der Waals surface area (Å²) < 4.78 is 6.11. The number of ether oxygens (including phenoxy) is 1. The molecule has 5 rings (SSSR count). The van der Waals surface area contributed by atoms with Crippen LogP contribution in [-0.2, 0) is 6.54 Å². The summed E-state index contributed by atoms with van der Waals surface area (Å²) in [5, 5.41) is 19.6. The number of rotatable bonds is 8. The van der Waals surface area contributed by atoms with Crippen LogP contribution in [0.3, 0.4) is 0 Å². The Morgan fingerprint density at radius 1 is 0.925 bits per heavy atom. The van der Waals surface area contributed by atoms with E-state index in [9.17, 15) is 4.79 Å². The molecule has 1 amide bonds. The number of nitrogens with zero attached hydrogens (tertiary/aromatic N) is 2. The molecule has 4 aromatic carbocycles. The Bertz CT molecular complexity index is 1460. The third kappa shape index (κ3) is 7.96. The number of nitrogens with two attached hydrogens (primary N) is 1. The molecule has 0 spiro atoms. The smallest absolute Gasteiger partial charge is 0.248 e. The quantitative estimate of drug-likeness (QED) is 0.228. The second-order valence-corrected chi connectivity index (χ2v) is 10.3. The van der Waals surface area contributed by atoms with E-state index >= 15 is 0 Å². The van der Waals surface area contributed by atoms with E-state index in [1.54, 1.807) is 0 Å². The van der Waals surface area contributed by atoms with Gasteiger partial charge in [-0.15, -0.1) is 0 Å². The first-order valence-electron chi connectivity index (χ1n) is 13.0. The number of phenolic OH excluding ortho intramolecular Hbond substituents is 1. The van der Waals surface area contributed by atoms with E-state index in [4.69, 9.17) is 44.2 Å². The Labute approximate surface area is 244 Å². The van der Waals surface area contributed by atoms with Crippen LogP contribution in [0, 0.1) is 5.41 Å². The zero-order valence-electron chi connectivity index (χ0n) is 22.0. The zero-order valence-corrected chi connectivity index (χ0v) is 23.5. The van der Waals surface area contributed by atoms with Crippen molar-refractivity contribution in [2.75, 3.05) is 39.3 Å². The van der Waals surface area contributed by atoms with Gasteiger partial charge in [0.15, 0.2) is 0 Å². The van der Waals surface area contributed by atoms with Gasteiger partial charge in [0, 0.05) is 67.0 Å². The highest BCUT2D eigenvalue weighted by Gasteiger charge is 2.17. The van der Waals surface area contributed by atoms with Crippen LogP contribution in [0.1, 0.15) is 21.5 Å². The maximum Gasteiger partial charge on any atom is 0.248 e. The number of nitrogens with one attached hydrogen (secondary N) is 1. The van der Waals surface area contributed by atoms with Crippen molar-refractivity contribution in [3.8, 4) is 11.5 Å². The minimum atomic E-state index is -0.563. The van der Waals surface area contributed by atoms with Crippen LogP contribution in [-0.4, -0.2) is 66.4 Å². The Balaban J connectivity index is 0.000000283. The van der Waals surface area contributed by atoms with Gasteiger partial charge in [0.25, 0.3) is 0 Å². The molecule has 1 aliphatic rings. The minimum Gasteiger partial charge on any atom is -0.506 e. The molecule has 40 heavy (non-hydrogen) atoms. The van der Waals surface area contributed by atoms with Gasteiger partial charge >= 0.3 is 0 Å². The summed E-state index contributed by atoms with van der Waals surface area (Å²) in [7, 11) is 0. The molecule has 4 N–H and O–H groups in total. The van der Waals surface area contributed by atoms with Crippen molar-refractivity contribution in [3.05, 3.63) is 106 Å². The number of benzene rings is 4. The number of fused-ring (bicyclic) bond motifs is 1. The van der Waals surface area contributed by atoms with Crippen LogP contribution in [0.2, 0.25) is 10.0 Å². The Morgan fingerprint density at radius 3 is 2.25 bits per heavy atom. The van der Waals surface area contributed by atoms with E-state index in [2.05, 4.69) is 28.0 Å². The lowest BCUT2D eigenvalue weighted by Crippen LogP contribution is -2.47. The molecule has 7 nitrogen and oxygen atoms in total. The summed E-state index contributed by atoms with van der Waals surface area (Å²) in [6.45, 7) is 6.83.